The lowest BCUT2D eigenvalue weighted by atomic mass is 10.0. The van der Waals surface area contributed by atoms with Crippen molar-refractivity contribution in [3.05, 3.63) is 18.3 Å². The summed E-state index contributed by atoms with van der Waals surface area (Å²) in [6.45, 7) is 0.619. The van der Waals surface area contributed by atoms with Gasteiger partial charge in [0.25, 0.3) is 5.91 Å². The quantitative estimate of drug-likeness (QED) is 0.874. The first-order valence-electron chi connectivity index (χ1n) is 5.36. The SMILES string of the molecule is CN(C)c1ncccc1NC(=O)C(C)(N)C(F)(F)F. The Kier molecular flexibility index (Phi) is 4.04. The number of nitrogens with one attached hydrogen (secondary N) is 1. The largest absolute Gasteiger partial charge is 0.415 e. The van der Waals surface area contributed by atoms with Crippen LogP contribution in [0.3, 0.4) is 0 Å². The van der Waals surface area contributed by atoms with E-state index in [0.29, 0.717) is 12.7 Å². The zero-order valence-electron chi connectivity index (χ0n) is 10.7. The number of halogens is 3. The van der Waals surface area contributed by atoms with Gasteiger partial charge in [-0.1, -0.05) is 0 Å². The summed E-state index contributed by atoms with van der Waals surface area (Å²) >= 11 is 0. The lowest BCUT2D eigenvalue weighted by Gasteiger charge is -2.27. The Morgan fingerprint density at radius 2 is 2.00 bits per heavy atom. The summed E-state index contributed by atoms with van der Waals surface area (Å²) in [5.41, 5.74) is 2.24. The molecule has 0 saturated carbocycles. The number of carbonyl (C=O) groups is 1. The molecule has 1 atom stereocenters. The van der Waals surface area contributed by atoms with Gasteiger partial charge in [0.05, 0.1) is 5.69 Å². The van der Waals surface area contributed by atoms with Gasteiger partial charge in [-0.25, -0.2) is 4.98 Å². The second-order valence-corrected chi connectivity index (χ2v) is 4.42. The van der Waals surface area contributed by atoms with E-state index in [2.05, 4.69) is 10.3 Å². The van der Waals surface area contributed by atoms with Crippen LogP contribution in [0.2, 0.25) is 0 Å². The molecule has 8 heteroatoms. The lowest BCUT2D eigenvalue weighted by molar-refractivity contribution is -0.184. The number of hydrogen-bond acceptors (Lipinski definition) is 4. The number of aromatic nitrogens is 1. The average molecular weight is 276 g/mol. The van der Waals surface area contributed by atoms with E-state index < -0.39 is 17.6 Å². The number of pyridine rings is 1. The van der Waals surface area contributed by atoms with Crippen LogP contribution in [0, 0.1) is 0 Å². The van der Waals surface area contributed by atoms with Crippen molar-refractivity contribution in [2.75, 3.05) is 24.3 Å². The fraction of sp³-hybridized carbons (Fsp3) is 0.455. The van der Waals surface area contributed by atoms with Gasteiger partial charge < -0.3 is 16.0 Å². The summed E-state index contributed by atoms with van der Waals surface area (Å²) in [4.78, 5) is 17.2. The first-order valence-corrected chi connectivity index (χ1v) is 5.36. The first kappa shape index (κ1) is 15.2. The molecule has 0 saturated heterocycles. The molecule has 0 spiro atoms. The third-order valence-corrected chi connectivity index (χ3v) is 2.52. The summed E-state index contributed by atoms with van der Waals surface area (Å²) in [5, 5.41) is 2.15. The van der Waals surface area contributed by atoms with Crippen LogP contribution in [-0.4, -0.2) is 36.7 Å². The maximum Gasteiger partial charge on any atom is 0.415 e. The van der Waals surface area contributed by atoms with E-state index >= 15 is 0 Å². The molecule has 3 N–H and O–H groups in total. The fourth-order valence-electron chi connectivity index (χ4n) is 1.23. The minimum atomic E-state index is -4.84. The molecule has 1 unspecified atom stereocenters. The van der Waals surface area contributed by atoms with Crippen molar-refractivity contribution in [3.8, 4) is 0 Å². The van der Waals surface area contributed by atoms with Crippen LogP contribution in [0.15, 0.2) is 18.3 Å². The van der Waals surface area contributed by atoms with Gasteiger partial charge in [-0.15, -0.1) is 0 Å². The van der Waals surface area contributed by atoms with E-state index in [0.717, 1.165) is 0 Å². The van der Waals surface area contributed by atoms with Gasteiger partial charge in [0.15, 0.2) is 11.4 Å². The van der Waals surface area contributed by atoms with E-state index in [-0.39, 0.29) is 5.69 Å². The Morgan fingerprint density at radius 3 is 2.47 bits per heavy atom. The monoisotopic (exact) mass is 276 g/mol. The molecule has 0 bridgehead atoms. The van der Waals surface area contributed by atoms with Crippen molar-refractivity contribution in [1.29, 1.82) is 0 Å². The number of carbonyl (C=O) groups excluding carboxylic acids is 1. The summed E-state index contributed by atoms with van der Waals surface area (Å²) < 4.78 is 37.9. The zero-order valence-corrected chi connectivity index (χ0v) is 10.7. The highest BCUT2D eigenvalue weighted by Crippen LogP contribution is 2.30. The molecule has 1 amide bonds. The summed E-state index contributed by atoms with van der Waals surface area (Å²) in [7, 11) is 3.31. The first-order chi connectivity index (χ1) is 8.57. The maximum atomic E-state index is 12.6. The number of anilines is 2. The molecule has 0 aliphatic rings. The maximum absolute atomic E-state index is 12.6. The van der Waals surface area contributed by atoms with Gasteiger partial charge in [-0.05, 0) is 19.1 Å². The van der Waals surface area contributed by atoms with Gasteiger partial charge in [-0.2, -0.15) is 13.2 Å². The van der Waals surface area contributed by atoms with Crippen molar-refractivity contribution in [3.63, 3.8) is 0 Å². The fourth-order valence-corrected chi connectivity index (χ4v) is 1.23. The molecule has 1 aromatic rings. The number of hydrogen-bond donors (Lipinski definition) is 2. The van der Waals surface area contributed by atoms with E-state index in [1.807, 2.05) is 0 Å². The molecule has 0 aliphatic carbocycles. The van der Waals surface area contributed by atoms with Crippen LogP contribution in [0.25, 0.3) is 0 Å². The minimum absolute atomic E-state index is 0.165. The van der Waals surface area contributed by atoms with Crippen molar-refractivity contribution >= 4 is 17.4 Å². The molecule has 5 nitrogen and oxygen atoms in total. The molecular formula is C11H15F3N4O. The zero-order chi connectivity index (χ0) is 14.8. The molecule has 0 aromatic carbocycles. The van der Waals surface area contributed by atoms with Crippen molar-refractivity contribution in [2.24, 2.45) is 5.73 Å². The molecular weight excluding hydrogens is 261 g/mol. The summed E-state index contributed by atoms with van der Waals surface area (Å²) in [6.07, 6.45) is -3.37. The van der Waals surface area contributed by atoms with Crippen molar-refractivity contribution in [1.82, 2.24) is 4.98 Å². The molecule has 1 aromatic heterocycles. The van der Waals surface area contributed by atoms with Gasteiger partial charge in [0.2, 0.25) is 0 Å². The smallest absolute Gasteiger partial charge is 0.361 e. The Labute approximate surface area is 108 Å². The Bertz CT molecular complexity index is 471. The van der Waals surface area contributed by atoms with E-state index in [4.69, 9.17) is 5.73 Å². The predicted molar refractivity (Wildman–Crippen MR) is 65.8 cm³/mol. The number of nitrogens with two attached hydrogens (primary N) is 1. The molecule has 0 radical (unpaired) electrons. The summed E-state index contributed by atoms with van der Waals surface area (Å²) in [5.74, 6) is -0.995. The highest BCUT2D eigenvalue weighted by Gasteiger charge is 2.54. The Hall–Kier alpha value is -1.83. The van der Waals surface area contributed by atoms with E-state index in [1.165, 1.54) is 18.3 Å². The van der Waals surface area contributed by atoms with E-state index in [1.54, 1.807) is 19.0 Å². The predicted octanol–water partition coefficient (Wildman–Crippen LogP) is 1.37. The van der Waals surface area contributed by atoms with Crippen LogP contribution in [0.5, 0.6) is 0 Å². The van der Waals surface area contributed by atoms with Gasteiger partial charge in [-0.3, -0.25) is 4.79 Å². The van der Waals surface area contributed by atoms with Gasteiger partial charge in [0, 0.05) is 20.3 Å². The second kappa shape index (κ2) is 5.04. The molecule has 19 heavy (non-hydrogen) atoms. The second-order valence-electron chi connectivity index (χ2n) is 4.42. The van der Waals surface area contributed by atoms with Gasteiger partial charge >= 0.3 is 6.18 Å². The van der Waals surface area contributed by atoms with Crippen LogP contribution in [0.4, 0.5) is 24.7 Å². The molecule has 0 aliphatic heterocycles. The number of alkyl halides is 3. The number of amides is 1. The van der Waals surface area contributed by atoms with Crippen LogP contribution in [-0.2, 0) is 4.79 Å². The number of nitrogens with zero attached hydrogens (tertiary/aromatic N) is 2. The highest BCUT2D eigenvalue weighted by atomic mass is 19.4. The molecule has 1 rings (SSSR count). The third kappa shape index (κ3) is 3.14. The average Bonchev–Trinajstić information content (AvgIpc) is 2.27. The van der Waals surface area contributed by atoms with Crippen molar-refractivity contribution < 1.29 is 18.0 Å². The Morgan fingerprint density at radius 1 is 1.42 bits per heavy atom. The Balaban J connectivity index is 3.01. The summed E-state index contributed by atoms with van der Waals surface area (Å²) in [6, 6.07) is 2.96. The minimum Gasteiger partial charge on any atom is -0.361 e. The van der Waals surface area contributed by atoms with Crippen LogP contribution >= 0.6 is 0 Å². The third-order valence-electron chi connectivity index (χ3n) is 2.52. The van der Waals surface area contributed by atoms with E-state index in [9.17, 15) is 18.0 Å². The molecule has 0 fully saturated rings. The standard InChI is InChI=1S/C11H15F3N4O/c1-10(15,11(12,13)14)9(19)17-7-5-4-6-16-8(7)18(2)3/h4-6H,15H2,1-3H3,(H,17,19). The van der Waals surface area contributed by atoms with Gasteiger partial charge in [0.1, 0.15) is 0 Å². The topological polar surface area (TPSA) is 71.2 Å². The highest BCUT2D eigenvalue weighted by molar-refractivity contribution is 6.00. The number of rotatable bonds is 3. The molecule has 1 heterocycles. The van der Waals surface area contributed by atoms with Crippen molar-refractivity contribution in [2.45, 2.75) is 18.6 Å². The van der Waals surface area contributed by atoms with Crippen LogP contribution < -0.4 is 16.0 Å². The molecule has 106 valence electrons. The lowest BCUT2D eigenvalue weighted by Crippen LogP contribution is -2.59. The van der Waals surface area contributed by atoms with Crippen LogP contribution in [0.1, 0.15) is 6.92 Å². The normalized spacial score (nSPS) is 14.7.